The predicted molar refractivity (Wildman–Crippen MR) is 62.0 cm³/mol. The second-order valence-electron chi connectivity index (χ2n) is 5.35. The summed E-state index contributed by atoms with van der Waals surface area (Å²) in [7, 11) is 0. The van der Waals surface area contributed by atoms with Gasteiger partial charge in [-0.1, -0.05) is 6.92 Å². The van der Waals surface area contributed by atoms with Crippen molar-refractivity contribution in [3.05, 3.63) is 0 Å². The molecule has 2 atom stereocenters. The monoisotopic (exact) mass is 226 g/mol. The first kappa shape index (κ1) is 11.9. The maximum atomic E-state index is 12.1. The summed E-state index contributed by atoms with van der Waals surface area (Å²) in [5.74, 6) is 0.407. The molecular weight excluding hydrogens is 204 g/mol. The van der Waals surface area contributed by atoms with Crippen LogP contribution in [0.25, 0.3) is 0 Å². The number of carbonyl (C=O) groups excluding carboxylic acids is 1. The molecule has 2 aliphatic heterocycles. The zero-order chi connectivity index (χ0) is 11.8. The fraction of sp³-hybridized carbons (Fsp3) is 0.917. The Labute approximate surface area is 97.0 Å². The maximum Gasteiger partial charge on any atom is 0.225 e. The number of carbonyl (C=O) groups is 1. The third-order valence-corrected chi connectivity index (χ3v) is 3.91. The fourth-order valence-corrected chi connectivity index (χ4v) is 2.66. The van der Waals surface area contributed by atoms with E-state index in [1.807, 2.05) is 11.8 Å². The van der Waals surface area contributed by atoms with Gasteiger partial charge in [-0.05, 0) is 32.7 Å². The second kappa shape index (κ2) is 4.34. The Morgan fingerprint density at radius 2 is 2.25 bits per heavy atom. The van der Waals surface area contributed by atoms with E-state index in [1.54, 1.807) is 0 Å². The summed E-state index contributed by atoms with van der Waals surface area (Å²) in [4.78, 5) is 13.9. The van der Waals surface area contributed by atoms with Gasteiger partial charge in [-0.25, -0.2) is 0 Å². The number of piperidine rings is 1. The molecule has 0 aromatic rings. The Kier molecular flexibility index (Phi) is 3.22. The van der Waals surface area contributed by atoms with Gasteiger partial charge in [0.1, 0.15) is 0 Å². The zero-order valence-corrected chi connectivity index (χ0v) is 10.2. The Morgan fingerprint density at radius 3 is 2.81 bits per heavy atom. The molecule has 2 aliphatic rings. The number of aliphatic hydroxyl groups is 1. The van der Waals surface area contributed by atoms with Crippen LogP contribution < -0.4 is 5.32 Å². The van der Waals surface area contributed by atoms with E-state index in [-0.39, 0.29) is 11.8 Å². The Hall–Kier alpha value is -0.610. The zero-order valence-electron chi connectivity index (χ0n) is 10.2. The largest absolute Gasteiger partial charge is 0.386 e. The molecule has 0 bridgehead atoms. The van der Waals surface area contributed by atoms with Crippen LogP contribution in [-0.2, 0) is 4.79 Å². The molecule has 0 saturated carbocycles. The smallest absolute Gasteiger partial charge is 0.225 e. The van der Waals surface area contributed by atoms with Crippen molar-refractivity contribution in [3.8, 4) is 0 Å². The standard InChI is InChI=1S/C12H22N2O2/c1-3-12(16)7-14(8-12)11(15)10-4-5-13-9(2)6-10/h9-10,13,16H,3-8H2,1-2H3. The average molecular weight is 226 g/mol. The van der Waals surface area contributed by atoms with Crippen LogP contribution in [0.1, 0.15) is 33.1 Å². The lowest BCUT2D eigenvalue weighted by atomic mass is 9.86. The second-order valence-corrected chi connectivity index (χ2v) is 5.35. The Morgan fingerprint density at radius 1 is 1.56 bits per heavy atom. The van der Waals surface area contributed by atoms with Gasteiger partial charge < -0.3 is 15.3 Å². The molecule has 2 unspecified atom stereocenters. The third-order valence-electron chi connectivity index (χ3n) is 3.91. The van der Waals surface area contributed by atoms with E-state index in [0.717, 1.165) is 25.8 Å². The van der Waals surface area contributed by atoms with E-state index < -0.39 is 5.60 Å². The van der Waals surface area contributed by atoms with Gasteiger partial charge in [0.15, 0.2) is 0 Å². The quantitative estimate of drug-likeness (QED) is 0.715. The summed E-state index contributed by atoms with van der Waals surface area (Å²) in [5, 5.41) is 13.2. The van der Waals surface area contributed by atoms with Crippen LogP contribution in [0.15, 0.2) is 0 Å². The SMILES string of the molecule is CCC1(O)CN(C(=O)C2CCNC(C)C2)C1. The minimum Gasteiger partial charge on any atom is -0.386 e. The Bertz CT molecular complexity index is 274. The van der Waals surface area contributed by atoms with Crippen molar-refractivity contribution in [1.29, 1.82) is 0 Å². The summed E-state index contributed by atoms with van der Waals surface area (Å²) < 4.78 is 0. The number of rotatable bonds is 2. The highest BCUT2D eigenvalue weighted by Gasteiger charge is 2.43. The molecule has 4 nitrogen and oxygen atoms in total. The van der Waals surface area contributed by atoms with Crippen molar-refractivity contribution < 1.29 is 9.90 Å². The Balaban J connectivity index is 1.85. The van der Waals surface area contributed by atoms with E-state index in [9.17, 15) is 9.90 Å². The molecule has 2 heterocycles. The van der Waals surface area contributed by atoms with Gasteiger partial charge in [-0.2, -0.15) is 0 Å². The van der Waals surface area contributed by atoms with Crippen molar-refractivity contribution in [2.45, 2.75) is 44.8 Å². The highest BCUT2D eigenvalue weighted by atomic mass is 16.3. The lowest BCUT2D eigenvalue weighted by Gasteiger charge is -2.47. The summed E-state index contributed by atoms with van der Waals surface area (Å²) in [5.41, 5.74) is -0.603. The highest BCUT2D eigenvalue weighted by Crippen LogP contribution is 2.28. The molecule has 1 amide bonds. The average Bonchev–Trinajstić information content (AvgIpc) is 2.24. The van der Waals surface area contributed by atoms with Crippen molar-refractivity contribution >= 4 is 5.91 Å². The van der Waals surface area contributed by atoms with Gasteiger partial charge in [-0.15, -0.1) is 0 Å². The van der Waals surface area contributed by atoms with Gasteiger partial charge >= 0.3 is 0 Å². The minimum absolute atomic E-state index is 0.164. The maximum absolute atomic E-state index is 12.1. The predicted octanol–water partition coefficient (Wildman–Crippen LogP) is 0.358. The molecule has 16 heavy (non-hydrogen) atoms. The van der Waals surface area contributed by atoms with E-state index >= 15 is 0 Å². The molecular formula is C12H22N2O2. The number of hydrogen-bond acceptors (Lipinski definition) is 3. The highest BCUT2D eigenvalue weighted by molar-refractivity contribution is 5.80. The molecule has 0 aromatic carbocycles. The molecule has 4 heteroatoms. The summed E-state index contributed by atoms with van der Waals surface area (Å²) in [6, 6.07) is 0.439. The third kappa shape index (κ3) is 2.23. The fourth-order valence-electron chi connectivity index (χ4n) is 2.66. The van der Waals surface area contributed by atoms with Crippen LogP contribution in [0.5, 0.6) is 0 Å². The number of likely N-dealkylation sites (tertiary alicyclic amines) is 1. The number of nitrogens with zero attached hydrogens (tertiary/aromatic N) is 1. The number of hydrogen-bond donors (Lipinski definition) is 2. The summed E-state index contributed by atoms with van der Waals surface area (Å²) in [6.45, 7) is 6.08. The van der Waals surface area contributed by atoms with Crippen molar-refractivity contribution in [1.82, 2.24) is 10.2 Å². The number of nitrogens with one attached hydrogen (secondary N) is 1. The molecule has 92 valence electrons. The van der Waals surface area contributed by atoms with Crippen LogP contribution in [0.2, 0.25) is 0 Å². The van der Waals surface area contributed by atoms with Crippen LogP contribution in [0.4, 0.5) is 0 Å². The summed E-state index contributed by atoms with van der Waals surface area (Å²) in [6.07, 6.45) is 2.60. The van der Waals surface area contributed by atoms with Crippen LogP contribution in [0, 0.1) is 5.92 Å². The molecule has 2 rings (SSSR count). The number of β-amino-alcohol motifs (C(OH)–C–C–N with tert-alkyl or cyclic N) is 1. The number of amides is 1. The first-order valence-electron chi connectivity index (χ1n) is 6.28. The van der Waals surface area contributed by atoms with Crippen LogP contribution in [-0.4, -0.2) is 47.2 Å². The molecule has 0 aliphatic carbocycles. The molecule has 2 saturated heterocycles. The van der Waals surface area contributed by atoms with E-state index in [0.29, 0.717) is 19.1 Å². The van der Waals surface area contributed by atoms with Crippen molar-refractivity contribution in [2.75, 3.05) is 19.6 Å². The van der Waals surface area contributed by atoms with Crippen molar-refractivity contribution in [3.63, 3.8) is 0 Å². The molecule has 0 aromatic heterocycles. The minimum atomic E-state index is -0.603. The van der Waals surface area contributed by atoms with Crippen LogP contribution >= 0.6 is 0 Å². The van der Waals surface area contributed by atoms with Gasteiger partial charge in [0.2, 0.25) is 5.91 Å². The molecule has 2 fully saturated rings. The van der Waals surface area contributed by atoms with Gasteiger partial charge in [0, 0.05) is 12.0 Å². The van der Waals surface area contributed by atoms with Gasteiger partial charge in [0.05, 0.1) is 18.7 Å². The molecule has 0 spiro atoms. The normalized spacial score (nSPS) is 33.3. The van der Waals surface area contributed by atoms with Crippen molar-refractivity contribution in [2.24, 2.45) is 5.92 Å². The lowest BCUT2D eigenvalue weighted by Crippen LogP contribution is -2.64. The first-order valence-corrected chi connectivity index (χ1v) is 6.28. The summed E-state index contributed by atoms with van der Waals surface area (Å²) >= 11 is 0. The van der Waals surface area contributed by atoms with Crippen LogP contribution in [0.3, 0.4) is 0 Å². The van der Waals surface area contributed by atoms with Gasteiger partial charge in [-0.3, -0.25) is 4.79 Å². The van der Waals surface area contributed by atoms with E-state index in [2.05, 4.69) is 12.2 Å². The van der Waals surface area contributed by atoms with E-state index in [4.69, 9.17) is 0 Å². The lowest BCUT2D eigenvalue weighted by molar-refractivity contribution is -0.161. The van der Waals surface area contributed by atoms with E-state index in [1.165, 1.54) is 0 Å². The topological polar surface area (TPSA) is 52.6 Å². The first-order chi connectivity index (χ1) is 7.54. The molecule has 2 N–H and O–H groups in total. The molecule has 0 radical (unpaired) electrons. The van der Waals surface area contributed by atoms with Gasteiger partial charge in [0.25, 0.3) is 0 Å².